The van der Waals surface area contributed by atoms with Crippen LogP contribution >= 0.6 is 0 Å². The number of fused-ring (bicyclic) bond motifs is 1. The number of ether oxygens (including phenoxy) is 1. The highest BCUT2D eigenvalue weighted by atomic mass is 16.5. The number of hydrogen-bond donors (Lipinski definition) is 0. The molecular weight excluding hydrogens is 402 g/mol. The third kappa shape index (κ3) is 3.46. The SMILES string of the molecule is O=C(Oc1ccc(N2C(=O)c3ccccc3C2=O)cc1)c1ccc(-c2ccccc2)cc1. The average molecular weight is 419 g/mol. The van der Waals surface area contributed by atoms with Gasteiger partial charge in [-0.2, -0.15) is 0 Å². The van der Waals surface area contributed by atoms with Gasteiger partial charge in [0.25, 0.3) is 11.8 Å². The van der Waals surface area contributed by atoms with Crippen molar-refractivity contribution in [2.45, 2.75) is 0 Å². The van der Waals surface area contributed by atoms with E-state index in [0.717, 1.165) is 16.0 Å². The molecule has 0 unspecified atom stereocenters. The Morgan fingerprint density at radius 1 is 0.594 bits per heavy atom. The zero-order valence-corrected chi connectivity index (χ0v) is 16.9. The molecule has 5 rings (SSSR count). The second kappa shape index (κ2) is 7.96. The van der Waals surface area contributed by atoms with Crippen molar-refractivity contribution in [1.82, 2.24) is 0 Å². The topological polar surface area (TPSA) is 63.7 Å². The summed E-state index contributed by atoms with van der Waals surface area (Å²) in [5, 5.41) is 0. The van der Waals surface area contributed by atoms with E-state index in [4.69, 9.17) is 4.74 Å². The fourth-order valence-electron chi connectivity index (χ4n) is 3.68. The molecule has 1 aliphatic heterocycles. The minimum absolute atomic E-state index is 0.322. The van der Waals surface area contributed by atoms with Crippen LogP contribution in [-0.2, 0) is 0 Å². The van der Waals surface area contributed by atoms with Gasteiger partial charge in [0.15, 0.2) is 0 Å². The summed E-state index contributed by atoms with van der Waals surface area (Å²) in [6.45, 7) is 0. The lowest BCUT2D eigenvalue weighted by Gasteiger charge is -2.14. The first-order chi connectivity index (χ1) is 15.6. The third-order valence-corrected chi connectivity index (χ3v) is 5.33. The van der Waals surface area contributed by atoms with E-state index in [9.17, 15) is 14.4 Å². The molecule has 5 heteroatoms. The Bertz CT molecular complexity index is 1290. The van der Waals surface area contributed by atoms with Crippen LogP contribution in [0.5, 0.6) is 5.75 Å². The summed E-state index contributed by atoms with van der Waals surface area (Å²) in [7, 11) is 0. The Kier molecular flexibility index (Phi) is 4.84. The van der Waals surface area contributed by atoms with Gasteiger partial charge in [-0.05, 0) is 59.7 Å². The molecule has 0 radical (unpaired) electrons. The standard InChI is InChI=1S/C27H17NO4/c29-25-23-8-4-5-9-24(23)26(30)28(25)21-14-16-22(17-15-21)32-27(31)20-12-10-19(11-13-20)18-6-2-1-3-7-18/h1-17H. The van der Waals surface area contributed by atoms with Gasteiger partial charge in [0, 0.05) is 0 Å². The summed E-state index contributed by atoms with van der Waals surface area (Å²) in [4.78, 5) is 38.8. The van der Waals surface area contributed by atoms with Crippen LogP contribution < -0.4 is 9.64 Å². The summed E-state index contributed by atoms with van der Waals surface area (Å²) < 4.78 is 5.45. The Morgan fingerprint density at radius 2 is 1.12 bits per heavy atom. The van der Waals surface area contributed by atoms with Gasteiger partial charge in [-0.25, -0.2) is 9.69 Å². The number of anilines is 1. The third-order valence-electron chi connectivity index (χ3n) is 5.33. The molecule has 0 bridgehead atoms. The van der Waals surface area contributed by atoms with Crippen LogP contribution in [-0.4, -0.2) is 17.8 Å². The second-order valence-corrected chi connectivity index (χ2v) is 7.32. The number of nitrogens with zero attached hydrogens (tertiary/aromatic N) is 1. The second-order valence-electron chi connectivity index (χ2n) is 7.32. The summed E-state index contributed by atoms with van der Waals surface area (Å²) in [5.41, 5.74) is 3.68. The van der Waals surface area contributed by atoms with Crippen molar-refractivity contribution >= 4 is 23.5 Å². The van der Waals surface area contributed by atoms with Crippen molar-refractivity contribution in [2.24, 2.45) is 0 Å². The number of carbonyl (C=O) groups excluding carboxylic acids is 3. The van der Waals surface area contributed by atoms with Gasteiger partial charge in [-0.15, -0.1) is 0 Å². The summed E-state index contributed by atoms with van der Waals surface area (Å²) in [5.74, 6) is -0.900. The van der Waals surface area contributed by atoms with Crippen LogP contribution in [0.3, 0.4) is 0 Å². The molecular formula is C27H17NO4. The van der Waals surface area contributed by atoms with Gasteiger partial charge in [0.2, 0.25) is 0 Å². The van der Waals surface area contributed by atoms with Crippen LogP contribution in [0.15, 0.2) is 103 Å². The van der Waals surface area contributed by atoms with Crippen LogP contribution in [0.25, 0.3) is 11.1 Å². The average Bonchev–Trinajstić information content (AvgIpc) is 3.10. The van der Waals surface area contributed by atoms with Gasteiger partial charge in [-0.1, -0.05) is 54.6 Å². The van der Waals surface area contributed by atoms with Crippen molar-refractivity contribution in [3.05, 3.63) is 120 Å². The lowest BCUT2D eigenvalue weighted by molar-refractivity contribution is 0.0733. The number of rotatable bonds is 4. The predicted octanol–water partition coefficient (Wildman–Crippen LogP) is 5.37. The number of hydrogen-bond acceptors (Lipinski definition) is 4. The minimum atomic E-state index is -0.488. The Labute approximate surface area is 184 Å². The monoisotopic (exact) mass is 419 g/mol. The fourth-order valence-corrected chi connectivity index (χ4v) is 3.68. The van der Waals surface area contributed by atoms with Gasteiger partial charge in [0.05, 0.1) is 22.4 Å². The summed E-state index contributed by atoms with van der Waals surface area (Å²) in [6, 6.07) is 30.1. The number of amides is 2. The molecule has 0 saturated carbocycles. The van der Waals surface area contributed by atoms with E-state index in [2.05, 4.69) is 0 Å². The van der Waals surface area contributed by atoms with Crippen LogP contribution in [0, 0.1) is 0 Å². The maximum Gasteiger partial charge on any atom is 0.343 e. The fraction of sp³-hybridized carbons (Fsp3) is 0. The molecule has 0 atom stereocenters. The quantitative estimate of drug-likeness (QED) is 0.253. The van der Waals surface area contributed by atoms with E-state index in [1.165, 1.54) is 0 Å². The van der Waals surface area contributed by atoms with Gasteiger partial charge in [0.1, 0.15) is 5.75 Å². The lowest BCUT2D eigenvalue weighted by Crippen LogP contribution is -2.29. The molecule has 0 fully saturated rings. The largest absolute Gasteiger partial charge is 0.423 e. The van der Waals surface area contributed by atoms with Crippen molar-refractivity contribution in [1.29, 1.82) is 0 Å². The minimum Gasteiger partial charge on any atom is -0.423 e. The number of carbonyl (C=O) groups is 3. The molecule has 0 aliphatic carbocycles. The molecule has 0 spiro atoms. The number of benzene rings is 4. The zero-order valence-electron chi connectivity index (χ0n) is 16.9. The summed E-state index contributed by atoms with van der Waals surface area (Å²) in [6.07, 6.45) is 0. The first-order valence-electron chi connectivity index (χ1n) is 10.1. The molecule has 4 aromatic carbocycles. The van der Waals surface area contributed by atoms with E-state index >= 15 is 0 Å². The molecule has 1 aliphatic rings. The van der Waals surface area contributed by atoms with Gasteiger partial charge in [-0.3, -0.25) is 9.59 Å². The van der Waals surface area contributed by atoms with Crippen molar-refractivity contribution < 1.29 is 19.1 Å². The molecule has 5 nitrogen and oxygen atoms in total. The van der Waals surface area contributed by atoms with Crippen LogP contribution in [0.1, 0.15) is 31.1 Å². The zero-order chi connectivity index (χ0) is 22.1. The predicted molar refractivity (Wildman–Crippen MR) is 121 cm³/mol. The first kappa shape index (κ1) is 19.5. The smallest absolute Gasteiger partial charge is 0.343 e. The summed E-state index contributed by atoms with van der Waals surface area (Å²) >= 11 is 0. The molecule has 154 valence electrons. The highest BCUT2D eigenvalue weighted by Gasteiger charge is 2.36. The maximum atomic E-state index is 12.6. The molecule has 2 amide bonds. The molecule has 0 saturated heterocycles. The van der Waals surface area contributed by atoms with E-state index in [1.807, 2.05) is 42.5 Å². The molecule has 0 aromatic heterocycles. The van der Waals surface area contributed by atoms with Crippen LogP contribution in [0.2, 0.25) is 0 Å². The Morgan fingerprint density at radius 3 is 1.72 bits per heavy atom. The van der Waals surface area contributed by atoms with E-state index < -0.39 is 5.97 Å². The molecule has 0 N–H and O–H groups in total. The van der Waals surface area contributed by atoms with E-state index in [-0.39, 0.29) is 11.8 Å². The van der Waals surface area contributed by atoms with E-state index in [1.54, 1.807) is 60.7 Å². The van der Waals surface area contributed by atoms with Crippen molar-refractivity contribution in [2.75, 3.05) is 4.90 Å². The highest BCUT2D eigenvalue weighted by molar-refractivity contribution is 6.34. The Balaban J connectivity index is 1.30. The normalized spacial score (nSPS) is 12.6. The lowest BCUT2D eigenvalue weighted by atomic mass is 10.0. The van der Waals surface area contributed by atoms with E-state index in [0.29, 0.717) is 28.1 Å². The first-order valence-corrected chi connectivity index (χ1v) is 10.1. The molecule has 1 heterocycles. The van der Waals surface area contributed by atoms with Gasteiger partial charge < -0.3 is 4.74 Å². The maximum absolute atomic E-state index is 12.6. The molecule has 32 heavy (non-hydrogen) atoms. The van der Waals surface area contributed by atoms with Crippen LogP contribution in [0.4, 0.5) is 5.69 Å². The van der Waals surface area contributed by atoms with Gasteiger partial charge >= 0.3 is 5.97 Å². The highest BCUT2D eigenvalue weighted by Crippen LogP contribution is 2.29. The number of esters is 1. The number of imide groups is 1. The van der Waals surface area contributed by atoms with Crippen molar-refractivity contribution in [3.8, 4) is 16.9 Å². The molecule has 4 aromatic rings. The Hall–Kier alpha value is -4.51. The van der Waals surface area contributed by atoms with Crippen molar-refractivity contribution in [3.63, 3.8) is 0 Å².